The Bertz CT molecular complexity index is 957. The molecule has 1 nitrogen and oxygen atoms in total. The molecule has 1 heterocycles. The van der Waals surface area contributed by atoms with E-state index in [4.69, 9.17) is 0 Å². The highest BCUT2D eigenvalue weighted by Gasteiger charge is 2.56. The Hall–Kier alpha value is -1.28. The van der Waals surface area contributed by atoms with E-state index >= 15 is 0 Å². The normalized spacial score (nSPS) is 21.0. The quantitative estimate of drug-likeness (QED) is 0.454. The summed E-state index contributed by atoms with van der Waals surface area (Å²) in [6, 6.07) is 11.3. The lowest BCUT2D eigenvalue weighted by atomic mass is 9.59. The third kappa shape index (κ3) is 1.68. The van der Waals surface area contributed by atoms with Gasteiger partial charge in [-0.1, -0.05) is 57.5 Å². The van der Waals surface area contributed by atoms with Gasteiger partial charge in [0.1, 0.15) is 0 Å². The van der Waals surface area contributed by atoms with Crippen molar-refractivity contribution in [2.75, 3.05) is 0 Å². The number of hydrogen-bond acceptors (Lipinski definition) is 0. The van der Waals surface area contributed by atoms with E-state index in [0.29, 0.717) is 0 Å². The van der Waals surface area contributed by atoms with Crippen molar-refractivity contribution in [1.82, 2.24) is 4.98 Å². The Morgan fingerprint density at radius 3 is 1.96 bits per heavy atom. The summed E-state index contributed by atoms with van der Waals surface area (Å²) in [6.45, 7) is 14.4. The van der Waals surface area contributed by atoms with Crippen LogP contribution in [-0.2, 0) is 10.8 Å². The summed E-state index contributed by atoms with van der Waals surface area (Å²) in [4.78, 5) is 3.61. The van der Waals surface area contributed by atoms with Gasteiger partial charge in [0.15, 0.2) is 0 Å². The molecule has 0 atom stereocenters. The molecule has 1 aliphatic carbocycles. The number of aromatic nitrogens is 1. The molecule has 0 unspecified atom stereocenters. The number of halogens is 1. The number of hydrogen-bond donors (Lipinski definition) is 1. The molecule has 120 valence electrons. The lowest BCUT2D eigenvalue weighted by Gasteiger charge is -2.44. The maximum absolute atomic E-state index is 3.61. The minimum atomic E-state index is 0.148. The summed E-state index contributed by atoms with van der Waals surface area (Å²) >= 11 is 3.61. The maximum Gasteiger partial charge on any atom is 0.0468 e. The van der Waals surface area contributed by atoms with Crippen LogP contribution in [0.25, 0.3) is 21.8 Å². The minimum Gasteiger partial charge on any atom is -0.355 e. The molecular formula is C21H24BrN. The van der Waals surface area contributed by atoms with Crippen LogP contribution in [0.3, 0.4) is 0 Å². The number of nitrogens with one attached hydrogen (secondary N) is 1. The number of fused-ring (bicyclic) bond motifs is 4. The van der Waals surface area contributed by atoms with Crippen LogP contribution in [-0.4, -0.2) is 4.98 Å². The van der Waals surface area contributed by atoms with Crippen molar-refractivity contribution in [1.29, 1.82) is 0 Å². The van der Waals surface area contributed by atoms with Gasteiger partial charge in [-0.2, -0.15) is 0 Å². The van der Waals surface area contributed by atoms with Crippen molar-refractivity contribution >= 4 is 37.7 Å². The summed E-state index contributed by atoms with van der Waals surface area (Å²) < 4.78 is 1.13. The highest BCUT2D eigenvalue weighted by Crippen LogP contribution is 2.62. The number of rotatable bonds is 0. The monoisotopic (exact) mass is 369 g/mol. The number of H-pyrrole nitrogens is 1. The first-order valence-electron chi connectivity index (χ1n) is 8.33. The van der Waals surface area contributed by atoms with Crippen LogP contribution in [0.1, 0.15) is 52.7 Å². The molecule has 0 radical (unpaired) electrons. The zero-order valence-corrected chi connectivity index (χ0v) is 16.4. The Balaban J connectivity index is 2.14. The molecule has 0 fully saturated rings. The fraction of sp³-hybridized carbons (Fsp3) is 0.429. The van der Waals surface area contributed by atoms with Gasteiger partial charge in [-0.15, -0.1) is 0 Å². The van der Waals surface area contributed by atoms with Gasteiger partial charge in [0.05, 0.1) is 0 Å². The van der Waals surface area contributed by atoms with Crippen molar-refractivity contribution in [2.24, 2.45) is 5.41 Å². The van der Waals surface area contributed by atoms with Gasteiger partial charge in [0.2, 0.25) is 0 Å². The second kappa shape index (κ2) is 4.22. The number of aromatic amines is 1. The van der Waals surface area contributed by atoms with Gasteiger partial charge in [-0.25, -0.2) is 0 Å². The Morgan fingerprint density at radius 1 is 0.739 bits per heavy atom. The average Bonchev–Trinajstić information content (AvgIpc) is 2.86. The second-order valence-electron chi connectivity index (χ2n) is 8.63. The zero-order valence-electron chi connectivity index (χ0n) is 14.8. The number of benzene rings is 2. The molecule has 2 heteroatoms. The highest BCUT2D eigenvalue weighted by atomic mass is 79.9. The predicted octanol–water partition coefficient (Wildman–Crippen LogP) is 6.68. The summed E-state index contributed by atoms with van der Waals surface area (Å²) in [5.41, 5.74) is 5.96. The van der Waals surface area contributed by atoms with Gasteiger partial charge in [0, 0.05) is 26.3 Å². The molecule has 0 spiro atoms. The minimum absolute atomic E-state index is 0.148. The van der Waals surface area contributed by atoms with Crippen molar-refractivity contribution in [3.8, 4) is 0 Å². The lowest BCUT2D eigenvalue weighted by Crippen LogP contribution is -2.42. The van der Waals surface area contributed by atoms with Crippen LogP contribution in [0.5, 0.6) is 0 Å². The fourth-order valence-electron chi connectivity index (χ4n) is 4.41. The Morgan fingerprint density at radius 2 is 1.30 bits per heavy atom. The van der Waals surface area contributed by atoms with E-state index < -0.39 is 0 Å². The van der Waals surface area contributed by atoms with E-state index in [2.05, 4.69) is 92.8 Å². The highest BCUT2D eigenvalue weighted by molar-refractivity contribution is 9.10. The molecule has 0 aliphatic heterocycles. The molecule has 1 aliphatic rings. The van der Waals surface area contributed by atoms with Crippen LogP contribution >= 0.6 is 15.9 Å². The Kier molecular flexibility index (Phi) is 2.80. The smallest absolute Gasteiger partial charge is 0.0468 e. The average molecular weight is 370 g/mol. The SMILES string of the molecule is CC1(C)c2cc3[nH]c4ccc(Br)cc4c3cc2C(C)(C)C1(C)C. The third-order valence-electron chi connectivity index (χ3n) is 7.17. The molecule has 23 heavy (non-hydrogen) atoms. The van der Waals surface area contributed by atoms with Gasteiger partial charge < -0.3 is 4.98 Å². The van der Waals surface area contributed by atoms with Crippen molar-refractivity contribution in [3.63, 3.8) is 0 Å². The zero-order chi connectivity index (χ0) is 16.8. The van der Waals surface area contributed by atoms with Crippen LogP contribution in [0.4, 0.5) is 0 Å². The molecule has 1 aromatic heterocycles. The molecule has 0 bridgehead atoms. The van der Waals surface area contributed by atoms with Gasteiger partial charge in [-0.3, -0.25) is 0 Å². The predicted molar refractivity (Wildman–Crippen MR) is 103 cm³/mol. The van der Waals surface area contributed by atoms with Gasteiger partial charge >= 0.3 is 0 Å². The van der Waals surface area contributed by atoms with Crippen molar-refractivity contribution in [2.45, 2.75) is 52.4 Å². The summed E-state index contributed by atoms with van der Waals surface area (Å²) in [5, 5.41) is 2.64. The van der Waals surface area contributed by atoms with Crippen molar-refractivity contribution < 1.29 is 0 Å². The van der Waals surface area contributed by atoms with E-state index in [1.165, 1.54) is 32.9 Å². The maximum atomic E-state index is 3.61. The summed E-state index contributed by atoms with van der Waals surface area (Å²) in [7, 11) is 0. The van der Waals surface area contributed by atoms with E-state index in [-0.39, 0.29) is 16.2 Å². The van der Waals surface area contributed by atoms with Crippen LogP contribution in [0.15, 0.2) is 34.8 Å². The summed E-state index contributed by atoms with van der Waals surface area (Å²) in [6.07, 6.45) is 0. The lowest BCUT2D eigenvalue weighted by molar-refractivity contribution is 0.125. The van der Waals surface area contributed by atoms with Gasteiger partial charge in [-0.05, 0) is 57.7 Å². The van der Waals surface area contributed by atoms with Crippen LogP contribution in [0, 0.1) is 5.41 Å². The second-order valence-corrected chi connectivity index (χ2v) is 9.55. The van der Waals surface area contributed by atoms with Crippen molar-refractivity contribution in [3.05, 3.63) is 45.9 Å². The molecule has 3 aromatic rings. The molecule has 0 saturated heterocycles. The van der Waals surface area contributed by atoms with Crippen LogP contribution in [0.2, 0.25) is 0 Å². The molecule has 1 N–H and O–H groups in total. The van der Waals surface area contributed by atoms with E-state index in [1.807, 2.05) is 0 Å². The first kappa shape index (κ1) is 15.3. The molecular weight excluding hydrogens is 346 g/mol. The molecule has 2 aromatic carbocycles. The molecule has 0 saturated carbocycles. The first-order chi connectivity index (χ1) is 10.6. The first-order valence-corrected chi connectivity index (χ1v) is 9.12. The standard InChI is InChI=1S/C21H24BrN/c1-19(2)15-10-14-13-9-12(22)7-8-17(13)23-18(14)11-16(15)20(3,4)21(19,5)6/h7-11,23H,1-6H3. The van der Waals surface area contributed by atoms with Gasteiger partial charge in [0.25, 0.3) is 0 Å². The van der Waals surface area contributed by atoms with E-state index in [9.17, 15) is 0 Å². The van der Waals surface area contributed by atoms with E-state index in [0.717, 1.165) is 4.47 Å². The molecule has 0 amide bonds. The fourth-order valence-corrected chi connectivity index (χ4v) is 4.77. The summed E-state index contributed by atoms with van der Waals surface area (Å²) in [5.74, 6) is 0. The largest absolute Gasteiger partial charge is 0.355 e. The third-order valence-corrected chi connectivity index (χ3v) is 7.66. The Labute approximate surface area is 146 Å². The van der Waals surface area contributed by atoms with Crippen LogP contribution < -0.4 is 0 Å². The molecule has 4 rings (SSSR count). The topological polar surface area (TPSA) is 15.8 Å². The van der Waals surface area contributed by atoms with E-state index in [1.54, 1.807) is 0 Å².